The zero-order chi connectivity index (χ0) is 12.8. The first kappa shape index (κ1) is 14.2. The van der Waals surface area contributed by atoms with Gasteiger partial charge in [-0.1, -0.05) is 11.6 Å². The van der Waals surface area contributed by atoms with Gasteiger partial charge in [-0.3, -0.25) is 0 Å². The molecule has 17 heavy (non-hydrogen) atoms. The van der Waals surface area contributed by atoms with Crippen LogP contribution in [0.5, 0.6) is 0 Å². The highest BCUT2D eigenvalue weighted by atomic mass is 35.5. The molecule has 0 atom stereocenters. The summed E-state index contributed by atoms with van der Waals surface area (Å²) in [6, 6.07) is 0. The van der Waals surface area contributed by atoms with Gasteiger partial charge in [0.15, 0.2) is 0 Å². The van der Waals surface area contributed by atoms with Gasteiger partial charge in [-0.05, 0) is 34.1 Å². The molecule has 1 heterocycles. The Morgan fingerprint density at radius 1 is 1.29 bits per heavy atom. The van der Waals surface area contributed by atoms with Gasteiger partial charge in [-0.25, -0.2) is 9.97 Å². The summed E-state index contributed by atoms with van der Waals surface area (Å²) >= 11 is 5.98. The van der Waals surface area contributed by atoms with E-state index in [4.69, 9.17) is 16.3 Å². The predicted octanol–water partition coefficient (Wildman–Crippen LogP) is 2.97. The molecule has 1 aromatic heterocycles. The van der Waals surface area contributed by atoms with Crippen molar-refractivity contribution < 1.29 is 4.74 Å². The molecular formula is C12H20ClN3O. The second-order valence-electron chi connectivity index (χ2n) is 4.25. The second-order valence-corrected chi connectivity index (χ2v) is 4.61. The van der Waals surface area contributed by atoms with E-state index in [1.165, 1.54) is 0 Å². The van der Waals surface area contributed by atoms with E-state index in [0.29, 0.717) is 11.1 Å². The normalized spacial score (nSPS) is 10.9. The Bertz CT molecular complexity index is 346. The molecule has 0 radical (unpaired) electrons. The first-order valence-electron chi connectivity index (χ1n) is 5.87. The third-order valence-corrected chi connectivity index (χ3v) is 2.75. The van der Waals surface area contributed by atoms with E-state index in [1.807, 2.05) is 27.7 Å². The third-order valence-electron chi connectivity index (χ3n) is 2.39. The summed E-state index contributed by atoms with van der Waals surface area (Å²) in [5.41, 5.74) is 1.84. The van der Waals surface area contributed by atoms with Crippen LogP contribution in [0, 0.1) is 13.8 Å². The minimum Gasteiger partial charge on any atom is -0.379 e. The van der Waals surface area contributed by atoms with Crippen LogP contribution in [0.2, 0.25) is 5.15 Å². The Morgan fingerprint density at radius 3 is 2.59 bits per heavy atom. The lowest BCUT2D eigenvalue weighted by Crippen LogP contribution is -2.11. The molecule has 0 saturated carbocycles. The lowest BCUT2D eigenvalue weighted by atomic mass is 10.3. The number of anilines is 1. The summed E-state index contributed by atoms with van der Waals surface area (Å²) in [6.07, 6.45) is 1.20. The molecule has 0 bridgehead atoms. The molecule has 0 amide bonds. The molecule has 0 unspecified atom stereocenters. The van der Waals surface area contributed by atoms with Gasteiger partial charge in [0.1, 0.15) is 5.15 Å². The highest BCUT2D eigenvalue weighted by Gasteiger charge is 2.05. The van der Waals surface area contributed by atoms with Crippen LogP contribution in [0.15, 0.2) is 0 Å². The molecule has 96 valence electrons. The molecule has 1 N–H and O–H groups in total. The van der Waals surface area contributed by atoms with Crippen LogP contribution in [-0.2, 0) is 4.74 Å². The average molecular weight is 258 g/mol. The quantitative estimate of drug-likeness (QED) is 0.629. The third kappa shape index (κ3) is 4.88. The monoisotopic (exact) mass is 257 g/mol. The fourth-order valence-corrected chi connectivity index (χ4v) is 1.48. The van der Waals surface area contributed by atoms with Crippen LogP contribution in [0.25, 0.3) is 0 Å². The van der Waals surface area contributed by atoms with E-state index in [2.05, 4.69) is 15.3 Å². The van der Waals surface area contributed by atoms with Gasteiger partial charge < -0.3 is 10.1 Å². The fraction of sp³-hybridized carbons (Fsp3) is 0.667. The summed E-state index contributed by atoms with van der Waals surface area (Å²) in [7, 11) is 0. The summed E-state index contributed by atoms with van der Waals surface area (Å²) in [4.78, 5) is 8.49. The molecule has 0 aliphatic heterocycles. The van der Waals surface area contributed by atoms with E-state index < -0.39 is 0 Å². The van der Waals surface area contributed by atoms with Crippen molar-refractivity contribution >= 4 is 17.5 Å². The predicted molar refractivity (Wildman–Crippen MR) is 70.7 cm³/mol. The van der Waals surface area contributed by atoms with Gasteiger partial charge in [0.05, 0.1) is 6.10 Å². The standard InChI is InChI=1S/C12H20ClN3O/c1-8(2)17-7-5-6-14-12-15-10(4)9(3)11(13)16-12/h8H,5-7H2,1-4H3,(H,14,15,16). The van der Waals surface area contributed by atoms with E-state index >= 15 is 0 Å². The largest absolute Gasteiger partial charge is 0.379 e. The number of aromatic nitrogens is 2. The molecule has 4 nitrogen and oxygen atoms in total. The average Bonchev–Trinajstić information content (AvgIpc) is 2.25. The highest BCUT2D eigenvalue weighted by molar-refractivity contribution is 6.30. The number of nitrogens with zero attached hydrogens (tertiary/aromatic N) is 2. The van der Waals surface area contributed by atoms with Crippen molar-refractivity contribution in [3.8, 4) is 0 Å². The van der Waals surface area contributed by atoms with Crippen molar-refractivity contribution in [3.05, 3.63) is 16.4 Å². The SMILES string of the molecule is Cc1nc(NCCCOC(C)C)nc(Cl)c1C. The van der Waals surface area contributed by atoms with E-state index in [1.54, 1.807) is 0 Å². The van der Waals surface area contributed by atoms with Crippen molar-refractivity contribution in [2.75, 3.05) is 18.5 Å². The van der Waals surface area contributed by atoms with Gasteiger partial charge in [0, 0.05) is 24.4 Å². The van der Waals surface area contributed by atoms with Crippen LogP contribution in [0.1, 0.15) is 31.5 Å². The molecule has 0 aliphatic carbocycles. The van der Waals surface area contributed by atoms with Crippen molar-refractivity contribution in [1.29, 1.82) is 0 Å². The summed E-state index contributed by atoms with van der Waals surface area (Å²) in [6.45, 7) is 9.42. The Kier molecular flexibility index (Phi) is 5.65. The van der Waals surface area contributed by atoms with Gasteiger partial charge >= 0.3 is 0 Å². The zero-order valence-electron chi connectivity index (χ0n) is 10.9. The molecule has 1 rings (SSSR count). The van der Waals surface area contributed by atoms with Crippen LogP contribution >= 0.6 is 11.6 Å². The minimum atomic E-state index is 0.280. The minimum absolute atomic E-state index is 0.280. The van der Waals surface area contributed by atoms with Crippen LogP contribution in [0.3, 0.4) is 0 Å². The molecule has 5 heteroatoms. The molecule has 0 spiro atoms. The number of hydrogen-bond acceptors (Lipinski definition) is 4. The highest BCUT2D eigenvalue weighted by Crippen LogP contribution is 2.16. The van der Waals surface area contributed by atoms with Crippen LogP contribution < -0.4 is 5.32 Å². The number of nitrogens with one attached hydrogen (secondary N) is 1. The van der Waals surface area contributed by atoms with Crippen molar-refractivity contribution in [1.82, 2.24) is 9.97 Å². The topological polar surface area (TPSA) is 47.0 Å². The van der Waals surface area contributed by atoms with Crippen molar-refractivity contribution in [3.63, 3.8) is 0 Å². The molecule has 0 fully saturated rings. The van der Waals surface area contributed by atoms with Crippen LogP contribution in [-0.4, -0.2) is 29.2 Å². The van der Waals surface area contributed by atoms with E-state index in [-0.39, 0.29) is 6.10 Å². The van der Waals surface area contributed by atoms with Crippen LogP contribution in [0.4, 0.5) is 5.95 Å². The van der Waals surface area contributed by atoms with Gasteiger partial charge in [0.2, 0.25) is 5.95 Å². The van der Waals surface area contributed by atoms with Gasteiger partial charge in [0.25, 0.3) is 0 Å². The second kappa shape index (κ2) is 6.77. The number of hydrogen-bond donors (Lipinski definition) is 1. The molecule has 1 aromatic rings. The molecule has 0 saturated heterocycles. The lowest BCUT2D eigenvalue weighted by Gasteiger charge is -2.09. The van der Waals surface area contributed by atoms with Gasteiger partial charge in [-0.15, -0.1) is 0 Å². The Morgan fingerprint density at radius 2 is 2.00 bits per heavy atom. The first-order chi connectivity index (χ1) is 8.00. The summed E-state index contributed by atoms with van der Waals surface area (Å²) in [5.74, 6) is 0.586. The number of aryl methyl sites for hydroxylation is 1. The Labute approximate surface area is 108 Å². The van der Waals surface area contributed by atoms with E-state index in [9.17, 15) is 0 Å². The maximum atomic E-state index is 5.98. The van der Waals surface area contributed by atoms with E-state index in [0.717, 1.165) is 30.8 Å². The maximum absolute atomic E-state index is 5.98. The van der Waals surface area contributed by atoms with Crippen molar-refractivity contribution in [2.45, 2.75) is 40.2 Å². The van der Waals surface area contributed by atoms with Gasteiger partial charge in [-0.2, -0.15) is 0 Å². The lowest BCUT2D eigenvalue weighted by molar-refractivity contribution is 0.0787. The summed E-state index contributed by atoms with van der Waals surface area (Å²) in [5, 5.41) is 3.65. The maximum Gasteiger partial charge on any atom is 0.224 e. The number of ether oxygens (including phenoxy) is 1. The smallest absolute Gasteiger partial charge is 0.224 e. The first-order valence-corrected chi connectivity index (χ1v) is 6.24. The molecule has 0 aliphatic rings. The number of halogens is 1. The number of rotatable bonds is 6. The Hall–Kier alpha value is -0.870. The zero-order valence-corrected chi connectivity index (χ0v) is 11.6. The Balaban J connectivity index is 2.37. The molecular weight excluding hydrogens is 238 g/mol. The summed E-state index contributed by atoms with van der Waals surface area (Å²) < 4.78 is 5.44. The molecule has 0 aromatic carbocycles. The fourth-order valence-electron chi connectivity index (χ4n) is 1.26. The van der Waals surface area contributed by atoms with Crippen molar-refractivity contribution in [2.24, 2.45) is 0 Å².